The van der Waals surface area contributed by atoms with Crippen LogP contribution in [0.3, 0.4) is 0 Å². The molecule has 2 heterocycles. The van der Waals surface area contributed by atoms with Gasteiger partial charge in [0.25, 0.3) is 5.56 Å². The van der Waals surface area contributed by atoms with Crippen molar-refractivity contribution >= 4 is 21.6 Å². The maximum Gasteiger partial charge on any atom is 0.332 e. The van der Waals surface area contributed by atoms with Gasteiger partial charge >= 0.3 is 5.69 Å². The van der Waals surface area contributed by atoms with Crippen molar-refractivity contribution in [2.24, 2.45) is 7.05 Å². The summed E-state index contributed by atoms with van der Waals surface area (Å²) >= 11 is 1.39. The van der Waals surface area contributed by atoms with Crippen LogP contribution in [0.25, 0.3) is 10.2 Å². The molecule has 0 saturated heterocycles. The molecule has 16 heavy (non-hydrogen) atoms. The number of rotatable bonds is 1. The van der Waals surface area contributed by atoms with Gasteiger partial charge in [-0.25, -0.2) is 9.36 Å². The highest BCUT2D eigenvalue weighted by atomic mass is 32.1. The van der Waals surface area contributed by atoms with E-state index in [0.717, 1.165) is 10.1 Å². The Labute approximate surface area is 95.8 Å². The lowest BCUT2D eigenvalue weighted by Crippen LogP contribution is -2.38. The fourth-order valence-electron chi connectivity index (χ4n) is 1.66. The number of aryl methyl sites for hydroxylation is 2. The zero-order valence-corrected chi connectivity index (χ0v) is 9.80. The molecule has 0 aliphatic carbocycles. The zero-order chi connectivity index (χ0) is 11.9. The minimum Gasteiger partial charge on any atom is -0.287 e. The number of nitrogens with zero attached hydrogens (tertiary/aromatic N) is 2. The number of fused-ring (bicyclic) bond motifs is 1. The van der Waals surface area contributed by atoms with Gasteiger partial charge in [0.2, 0.25) is 0 Å². The molecule has 2 rings (SSSR count). The van der Waals surface area contributed by atoms with Crippen LogP contribution in [0.15, 0.2) is 15.0 Å². The van der Waals surface area contributed by atoms with Crippen LogP contribution in [0.5, 0.6) is 0 Å². The summed E-state index contributed by atoms with van der Waals surface area (Å²) in [5.41, 5.74) is 0.221. The van der Waals surface area contributed by atoms with E-state index in [1.165, 1.54) is 15.9 Å². The number of hydrogen-bond acceptors (Lipinski definition) is 3. The number of aromatic nitrogens is 2. The highest BCUT2D eigenvalue weighted by Crippen LogP contribution is 2.19. The molecule has 0 spiro atoms. The Bertz CT molecular complexity index is 712. The summed E-state index contributed by atoms with van der Waals surface area (Å²) in [6.07, 6.45) is 5.15. The van der Waals surface area contributed by atoms with Crippen molar-refractivity contribution in [3.8, 4) is 12.3 Å². The first-order valence-electron chi connectivity index (χ1n) is 4.69. The molecule has 4 nitrogen and oxygen atoms in total. The first-order valence-corrected chi connectivity index (χ1v) is 5.57. The van der Waals surface area contributed by atoms with E-state index in [1.807, 2.05) is 12.3 Å². The molecule has 0 aliphatic rings. The summed E-state index contributed by atoms with van der Waals surface area (Å²) in [5, 5.41) is 2.45. The van der Waals surface area contributed by atoms with Crippen LogP contribution in [0, 0.1) is 19.3 Å². The Hall–Kier alpha value is -1.80. The predicted molar refractivity (Wildman–Crippen MR) is 64.9 cm³/mol. The summed E-state index contributed by atoms with van der Waals surface area (Å²) in [4.78, 5) is 24.6. The van der Waals surface area contributed by atoms with Crippen molar-refractivity contribution in [3.05, 3.63) is 31.8 Å². The lowest BCUT2D eigenvalue weighted by molar-refractivity contribution is 0.683. The van der Waals surface area contributed by atoms with Gasteiger partial charge in [0.15, 0.2) is 0 Å². The van der Waals surface area contributed by atoms with Crippen LogP contribution in [0.4, 0.5) is 0 Å². The molecule has 0 fully saturated rings. The van der Waals surface area contributed by atoms with Crippen LogP contribution in [-0.2, 0) is 13.6 Å². The predicted octanol–water partition coefficient (Wildman–Crippen LogP) is 0.703. The normalized spacial score (nSPS) is 10.6. The van der Waals surface area contributed by atoms with Crippen molar-refractivity contribution in [1.82, 2.24) is 9.13 Å². The van der Waals surface area contributed by atoms with Crippen molar-refractivity contribution in [3.63, 3.8) is 0 Å². The molecule has 0 amide bonds. The van der Waals surface area contributed by atoms with Crippen LogP contribution >= 0.6 is 11.3 Å². The van der Waals surface area contributed by atoms with E-state index < -0.39 is 0 Å². The van der Waals surface area contributed by atoms with Gasteiger partial charge in [-0.15, -0.1) is 17.8 Å². The molecule has 0 atom stereocenters. The zero-order valence-electron chi connectivity index (χ0n) is 8.98. The molecule has 2 aromatic heterocycles. The van der Waals surface area contributed by atoms with Gasteiger partial charge in [0.05, 0.1) is 11.9 Å². The molecule has 0 aliphatic heterocycles. The molecule has 0 aromatic carbocycles. The summed E-state index contributed by atoms with van der Waals surface area (Å²) in [6, 6.07) is 0. The van der Waals surface area contributed by atoms with Gasteiger partial charge < -0.3 is 0 Å². The Balaban J connectivity index is 3.05. The van der Waals surface area contributed by atoms with Crippen LogP contribution < -0.4 is 11.2 Å². The largest absolute Gasteiger partial charge is 0.332 e. The highest BCUT2D eigenvalue weighted by molar-refractivity contribution is 7.17. The first-order chi connectivity index (χ1) is 7.57. The molecule has 5 heteroatoms. The van der Waals surface area contributed by atoms with E-state index in [1.54, 1.807) is 7.05 Å². The fraction of sp³-hybridized carbons (Fsp3) is 0.273. The molecule has 2 aromatic rings. The monoisotopic (exact) mass is 234 g/mol. The van der Waals surface area contributed by atoms with Crippen molar-refractivity contribution in [2.75, 3.05) is 0 Å². The van der Waals surface area contributed by atoms with Gasteiger partial charge in [-0.05, 0) is 17.9 Å². The number of thiophene rings is 1. The van der Waals surface area contributed by atoms with Crippen LogP contribution in [-0.4, -0.2) is 9.13 Å². The van der Waals surface area contributed by atoms with Gasteiger partial charge in [-0.3, -0.25) is 9.36 Å². The second-order valence-electron chi connectivity index (χ2n) is 3.54. The SMILES string of the molecule is C#CCn1c(=O)c2c(C)csc2n(C)c1=O. The Kier molecular flexibility index (Phi) is 2.44. The van der Waals surface area contributed by atoms with Gasteiger partial charge in [-0.1, -0.05) is 5.92 Å². The third kappa shape index (κ3) is 1.31. The minimum absolute atomic E-state index is 0.0106. The highest BCUT2D eigenvalue weighted by Gasteiger charge is 2.13. The Morgan fingerprint density at radius 2 is 2.19 bits per heavy atom. The fourth-order valence-corrected chi connectivity index (χ4v) is 2.67. The van der Waals surface area contributed by atoms with Gasteiger partial charge in [0, 0.05) is 7.05 Å². The molecule has 0 N–H and O–H groups in total. The lowest BCUT2D eigenvalue weighted by atomic mass is 10.3. The molecule has 82 valence electrons. The molecule has 0 bridgehead atoms. The Morgan fingerprint density at radius 1 is 1.50 bits per heavy atom. The molecule has 0 saturated carbocycles. The third-order valence-electron chi connectivity index (χ3n) is 2.49. The molecule has 0 unspecified atom stereocenters. The van der Waals surface area contributed by atoms with Crippen molar-refractivity contribution < 1.29 is 0 Å². The number of hydrogen-bond donors (Lipinski definition) is 0. The second-order valence-corrected chi connectivity index (χ2v) is 4.39. The molecular weight excluding hydrogens is 224 g/mol. The average molecular weight is 234 g/mol. The average Bonchev–Trinajstić information content (AvgIpc) is 2.64. The smallest absolute Gasteiger partial charge is 0.287 e. The van der Waals surface area contributed by atoms with E-state index >= 15 is 0 Å². The standard InChI is InChI=1S/C11H10N2O2S/c1-4-5-13-9(14)8-7(2)6-16-10(8)12(3)11(13)15/h1,6H,5H2,2-3H3. The summed E-state index contributed by atoms with van der Waals surface area (Å²) in [6.45, 7) is 1.86. The third-order valence-corrected chi connectivity index (χ3v) is 3.66. The van der Waals surface area contributed by atoms with E-state index in [-0.39, 0.29) is 17.8 Å². The Morgan fingerprint density at radius 3 is 2.81 bits per heavy atom. The molecular formula is C11H10N2O2S. The van der Waals surface area contributed by atoms with Crippen LogP contribution in [0.1, 0.15) is 5.56 Å². The van der Waals surface area contributed by atoms with Crippen molar-refractivity contribution in [1.29, 1.82) is 0 Å². The topological polar surface area (TPSA) is 44.0 Å². The summed E-state index contributed by atoms with van der Waals surface area (Å²) in [7, 11) is 1.65. The second kappa shape index (κ2) is 3.65. The van der Waals surface area contributed by atoms with Crippen molar-refractivity contribution in [2.45, 2.75) is 13.5 Å². The van der Waals surface area contributed by atoms with Gasteiger partial charge in [0.1, 0.15) is 4.83 Å². The van der Waals surface area contributed by atoms with E-state index in [2.05, 4.69) is 5.92 Å². The van der Waals surface area contributed by atoms with E-state index in [0.29, 0.717) is 10.2 Å². The van der Waals surface area contributed by atoms with E-state index in [9.17, 15) is 9.59 Å². The summed E-state index contributed by atoms with van der Waals surface area (Å²) in [5.74, 6) is 2.32. The quantitative estimate of drug-likeness (QED) is 0.682. The van der Waals surface area contributed by atoms with Gasteiger partial charge in [-0.2, -0.15) is 0 Å². The number of terminal acetylenes is 1. The minimum atomic E-state index is -0.364. The van der Waals surface area contributed by atoms with Crippen LogP contribution in [0.2, 0.25) is 0 Å². The maximum absolute atomic E-state index is 12.0. The van der Waals surface area contributed by atoms with E-state index in [4.69, 9.17) is 6.42 Å². The summed E-state index contributed by atoms with van der Waals surface area (Å²) < 4.78 is 2.55. The maximum atomic E-state index is 12.0. The molecule has 0 radical (unpaired) electrons. The first kappa shape index (κ1) is 10.7. The lowest BCUT2D eigenvalue weighted by Gasteiger charge is -2.05.